The van der Waals surface area contributed by atoms with Gasteiger partial charge in [0, 0.05) is 19.0 Å². The third kappa shape index (κ3) is 6.03. The lowest BCUT2D eigenvalue weighted by Gasteiger charge is -2.30. The van der Waals surface area contributed by atoms with Gasteiger partial charge in [0.25, 0.3) is 0 Å². The van der Waals surface area contributed by atoms with Gasteiger partial charge in [0.2, 0.25) is 11.8 Å². The van der Waals surface area contributed by atoms with Gasteiger partial charge in [0.05, 0.1) is 0 Å². The highest BCUT2D eigenvalue weighted by atomic mass is 19.1. The first-order valence-corrected chi connectivity index (χ1v) is 11.7. The summed E-state index contributed by atoms with van der Waals surface area (Å²) >= 11 is 0. The number of nitrogens with zero attached hydrogens (tertiary/aromatic N) is 1. The summed E-state index contributed by atoms with van der Waals surface area (Å²) in [5.41, 5.74) is 1.75. The van der Waals surface area contributed by atoms with Crippen LogP contribution in [0.2, 0.25) is 0 Å². The van der Waals surface area contributed by atoms with Crippen molar-refractivity contribution in [3.05, 3.63) is 59.4 Å². The Balaban J connectivity index is 1.44. The zero-order valence-electron chi connectivity index (χ0n) is 19.0. The summed E-state index contributed by atoms with van der Waals surface area (Å²) in [4.78, 5) is 27.8. The first kappa shape index (κ1) is 23.1. The van der Waals surface area contributed by atoms with Crippen molar-refractivity contribution in [2.24, 2.45) is 0 Å². The normalized spacial score (nSPS) is 16.3. The van der Waals surface area contributed by atoms with E-state index < -0.39 is 6.04 Å². The number of carbonyl (C=O) groups is 2. The molecule has 33 heavy (non-hydrogen) atoms. The van der Waals surface area contributed by atoms with Crippen molar-refractivity contribution in [3.63, 3.8) is 0 Å². The maximum absolute atomic E-state index is 13.4. The molecule has 0 bridgehead atoms. The van der Waals surface area contributed by atoms with Gasteiger partial charge >= 0.3 is 0 Å². The molecule has 0 unspecified atom stereocenters. The van der Waals surface area contributed by atoms with Crippen LogP contribution in [0.3, 0.4) is 0 Å². The zero-order chi connectivity index (χ0) is 23.2. The van der Waals surface area contributed by atoms with Crippen molar-refractivity contribution in [1.82, 2.24) is 10.2 Å². The molecule has 2 amide bonds. The van der Waals surface area contributed by atoms with Crippen LogP contribution < -0.4 is 14.8 Å². The Morgan fingerprint density at radius 2 is 1.70 bits per heavy atom. The van der Waals surface area contributed by atoms with E-state index in [1.165, 1.54) is 12.1 Å². The fourth-order valence-corrected chi connectivity index (χ4v) is 4.40. The monoisotopic (exact) mass is 454 g/mol. The Kier molecular flexibility index (Phi) is 7.47. The lowest BCUT2D eigenvalue weighted by Crippen LogP contribution is -2.49. The third-order valence-corrected chi connectivity index (χ3v) is 6.37. The van der Waals surface area contributed by atoms with Crippen molar-refractivity contribution in [2.45, 2.75) is 64.1 Å². The van der Waals surface area contributed by atoms with Gasteiger partial charge < -0.3 is 19.7 Å². The van der Waals surface area contributed by atoms with Crippen molar-refractivity contribution < 1.29 is 23.5 Å². The summed E-state index contributed by atoms with van der Waals surface area (Å²) in [7, 11) is 0. The molecule has 2 aromatic rings. The van der Waals surface area contributed by atoms with Crippen LogP contribution in [0.5, 0.6) is 11.5 Å². The van der Waals surface area contributed by atoms with Gasteiger partial charge in [-0.2, -0.15) is 0 Å². The third-order valence-electron chi connectivity index (χ3n) is 6.37. The molecule has 6 nitrogen and oxygen atoms in total. The van der Waals surface area contributed by atoms with Crippen LogP contribution in [0.4, 0.5) is 4.39 Å². The molecule has 1 aliphatic heterocycles. The number of carbonyl (C=O) groups excluding carboxylic acids is 2. The van der Waals surface area contributed by atoms with Gasteiger partial charge in [-0.15, -0.1) is 0 Å². The van der Waals surface area contributed by atoms with Crippen LogP contribution in [-0.4, -0.2) is 42.0 Å². The van der Waals surface area contributed by atoms with Gasteiger partial charge in [-0.25, -0.2) is 4.39 Å². The van der Waals surface area contributed by atoms with E-state index >= 15 is 0 Å². The summed E-state index contributed by atoms with van der Waals surface area (Å²) < 4.78 is 24.6. The summed E-state index contributed by atoms with van der Waals surface area (Å²) in [5, 5.41) is 3.09. The number of aryl methyl sites for hydroxylation is 1. The van der Waals surface area contributed by atoms with E-state index in [1.54, 1.807) is 24.0 Å². The molecule has 1 atom stereocenters. The Morgan fingerprint density at radius 1 is 1.03 bits per heavy atom. The highest BCUT2D eigenvalue weighted by Gasteiger charge is 2.28. The van der Waals surface area contributed by atoms with Crippen LogP contribution in [-0.2, 0) is 22.6 Å². The van der Waals surface area contributed by atoms with Crippen molar-refractivity contribution in [2.75, 3.05) is 13.2 Å². The summed E-state index contributed by atoms with van der Waals surface area (Å²) in [5.74, 6) is 0.812. The highest BCUT2D eigenvalue weighted by molar-refractivity contribution is 5.87. The minimum Gasteiger partial charge on any atom is -0.486 e. The molecule has 176 valence electrons. The van der Waals surface area contributed by atoms with Crippen molar-refractivity contribution >= 4 is 11.8 Å². The fraction of sp³-hybridized carbons (Fsp3) is 0.462. The second-order valence-electron chi connectivity index (χ2n) is 8.79. The molecule has 2 aromatic carbocycles. The van der Waals surface area contributed by atoms with E-state index in [9.17, 15) is 14.0 Å². The van der Waals surface area contributed by atoms with Crippen molar-refractivity contribution in [3.8, 4) is 11.5 Å². The average Bonchev–Trinajstić information content (AvgIpc) is 3.34. The molecule has 0 spiro atoms. The Labute approximate surface area is 194 Å². The summed E-state index contributed by atoms with van der Waals surface area (Å²) in [6.07, 6.45) is 4.97. The molecule has 1 heterocycles. The number of hydrogen-bond donors (Lipinski definition) is 1. The van der Waals surface area contributed by atoms with Crippen LogP contribution >= 0.6 is 0 Å². The predicted molar refractivity (Wildman–Crippen MR) is 123 cm³/mol. The van der Waals surface area contributed by atoms with E-state index in [1.807, 2.05) is 18.2 Å². The number of rotatable bonds is 8. The van der Waals surface area contributed by atoms with E-state index in [0.29, 0.717) is 31.1 Å². The number of ether oxygens (including phenoxy) is 2. The van der Waals surface area contributed by atoms with Crippen LogP contribution in [0.25, 0.3) is 0 Å². The SMILES string of the molecule is C[C@H](C(=O)NC1CCCC1)N(Cc1ccc(F)cc1)C(=O)CCc1ccc2c(c1)OCCO2. The molecule has 1 N–H and O–H groups in total. The Morgan fingerprint density at radius 3 is 2.42 bits per heavy atom. The number of nitrogens with one attached hydrogen (secondary N) is 1. The standard InChI is InChI=1S/C26H31FN2O4/c1-18(26(31)28-22-4-2-3-5-22)29(17-20-6-10-21(27)11-7-20)25(30)13-9-19-8-12-23-24(16-19)33-15-14-32-23/h6-8,10-12,16,18,22H,2-5,9,13-15,17H2,1H3,(H,28,31)/t18-/m1/s1. The molecular weight excluding hydrogens is 423 g/mol. The zero-order valence-corrected chi connectivity index (χ0v) is 19.0. The number of amides is 2. The van der Waals surface area contributed by atoms with E-state index in [-0.39, 0.29) is 36.6 Å². The van der Waals surface area contributed by atoms with Crippen LogP contribution in [0.1, 0.15) is 50.2 Å². The second kappa shape index (κ2) is 10.7. The minimum absolute atomic E-state index is 0.122. The second-order valence-corrected chi connectivity index (χ2v) is 8.79. The summed E-state index contributed by atoms with van der Waals surface area (Å²) in [6, 6.07) is 11.3. The number of fused-ring (bicyclic) bond motifs is 1. The molecule has 1 aliphatic carbocycles. The van der Waals surface area contributed by atoms with Gasteiger partial charge in [0.15, 0.2) is 11.5 Å². The quantitative estimate of drug-likeness (QED) is 0.655. The lowest BCUT2D eigenvalue weighted by molar-refractivity contribution is -0.140. The maximum Gasteiger partial charge on any atom is 0.242 e. The van der Waals surface area contributed by atoms with Gasteiger partial charge in [-0.05, 0) is 61.6 Å². The molecule has 0 saturated heterocycles. The van der Waals surface area contributed by atoms with Crippen LogP contribution in [0.15, 0.2) is 42.5 Å². The minimum atomic E-state index is -0.622. The number of halogens is 1. The first-order valence-electron chi connectivity index (χ1n) is 11.7. The molecule has 0 aromatic heterocycles. The fourth-order valence-electron chi connectivity index (χ4n) is 4.40. The molecule has 4 rings (SSSR count). The highest BCUT2D eigenvalue weighted by Crippen LogP contribution is 2.31. The lowest BCUT2D eigenvalue weighted by atomic mass is 10.1. The van der Waals surface area contributed by atoms with Crippen LogP contribution in [0, 0.1) is 5.82 Å². The maximum atomic E-state index is 13.4. The largest absolute Gasteiger partial charge is 0.486 e. The molecule has 1 saturated carbocycles. The van der Waals surface area contributed by atoms with Gasteiger partial charge in [-0.3, -0.25) is 9.59 Å². The summed E-state index contributed by atoms with van der Waals surface area (Å²) in [6.45, 7) is 3.05. The molecular formula is C26H31FN2O4. The van der Waals surface area contributed by atoms with E-state index in [4.69, 9.17) is 9.47 Å². The van der Waals surface area contributed by atoms with Crippen molar-refractivity contribution in [1.29, 1.82) is 0 Å². The molecule has 0 radical (unpaired) electrons. The predicted octanol–water partition coefficient (Wildman–Crippen LogP) is 4.01. The van der Waals surface area contributed by atoms with Gasteiger partial charge in [-0.1, -0.05) is 31.0 Å². The first-order chi connectivity index (χ1) is 16.0. The smallest absolute Gasteiger partial charge is 0.242 e. The number of hydrogen-bond acceptors (Lipinski definition) is 4. The topological polar surface area (TPSA) is 67.9 Å². The molecule has 1 fully saturated rings. The van der Waals surface area contributed by atoms with E-state index in [2.05, 4.69) is 5.32 Å². The Hall–Kier alpha value is -3.09. The number of benzene rings is 2. The van der Waals surface area contributed by atoms with E-state index in [0.717, 1.165) is 36.8 Å². The molecule has 2 aliphatic rings. The van der Waals surface area contributed by atoms with Gasteiger partial charge in [0.1, 0.15) is 25.1 Å². The molecule has 7 heteroatoms. The Bertz CT molecular complexity index is 973. The average molecular weight is 455 g/mol.